The van der Waals surface area contributed by atoms with E-state index < -0.39 is 0 Å². The van der Waals surface area contributed by atoms with Gasteiger partial charge in [0.05, 0.1) is 19.9 Å². The number of hydrogen-bond acceptors (Lipinski definition) is 3. The molecule has 0 radical (unpaired) electrons. The minimum absolute atomic E-state index is 0.107. The standard InChI is InChI=1S/C32H46FNO2/c1-30(2)19-35-32(36-20-30)14-13-25-23(15-32)9-11-26-28-12-10-24(17-33)31(28,3)16-27(29(25)26)22-7-5-21(6-8-22)18-34-4/h5-8,23-24,26-28,34H,9-20H2,1-4H3. The van der Waals surface area contributed by atoms with Gasteiger partial charge in [-0.25, -0.2) is 0 Å². The van der Waals surface area contributed by atoms with Gasteiger partial charge in [0.15, 0.2) is 5.79 Å². The molecule has 3 saturated carbocycles. The van der Waals surface area contributed by atoms with Gasteiger partial charge in [-0.2, -0.15) is 0 Å². The largest absolute Gasteiger partial charge is 0.349 e. The monoisotopic (exact) mass is 495 g/mol. The van der Waals surface area contributed by atoms with Crippen molar-refractivity contribution in [3.8, 4) is 0 Å². The van der Waals surface area contributed by atoms with Crippen molar-refractivity contribution in [3.63, 3.8) is 0 Å². The van der Waals surface area contributed by atoms with Crippen LogP contribution in [0.5, 0.6) is 0 Å². The molecule has 4 aliphatic carbocycles. The molecular formula is C32H46FNO2. The van der Waals surface area contributed by atoms with E-state index in [1.807, 2.05) is 7.05 Å². The molecule has 1 aromatic rings. The maximum absolute atomic E-state index is 14.3. The quantitative estimate of drug-likeness (QED) is 0.449. The number of ether oxygens (including phenoxy) is 2. The summed E-state index contributed by atoms with van der Waals surface area (Å²) in [7, 11) is 2.00. The van der Waals surface area contributed by atoms with Crippen LogP contribution in [0.3, 0.4) is 0 Å². The van der Waals surface area contributed by atoms with Crippen molar-refractivity contribution in [2.24, 2.45) is 34.5 Å². The molecule has 0 bridgehead atoms. The van der Waals surface area contributed by atoms with E-state index >= 15 is 0 Å². The molecule has 0 aromatic heterocycles. The van der Waals surface area contributed by atoms with Gasteiger partial charge in [-0.05, 0) is 85.8 Å². The Labute approximate surface area is 217 Å². The molecule has 5 aliphatic rings. The zero-order valence-corrected chi connectivity index (χ0v) is 22.9. The minimum Gasteiger partial charge on any atom is -0.349 e. The first kappa shape index (κ1) is 25.1. The van der Waals surface area contributed by atoms with E-state index in [-0.39, 0.29) is 29.2 Å². The fraction of sp³-hybridized carbons (Fsp3) is 0.750. The van der Waals surface area contributed by atoms with Crippen molar-refractivity contribution in [1.29, 1.82) is 0 Å². The van der Waals surface area contributed by atoms with Crippen LogP contribution in [0.2, 0.25) is 0 Å². The Morgan fingerprint density at radius 3 is 2.42 bits per heavy atom. The lowest BCUT2D eigenvalue weighted by Gasteiger charge is -2.55. The molecule has 36 heavy (non-hydrogen) atoms. The highest BCUT2D eigenvalue weighted by Crippen LogP contribution is 2.66. The smallest absolute Gasteiger partial charge is 0.169 e. The molecule has 1 heterocycles. The molecule has 0 amide bonds. The van der Waals surface area contributed by atoms with Gasteiger partial charge in [-0.3, -0.25) is 4.39 Å². The number of halogens is 1. The van der Waals surface area contributed by atoms with Gasteiger partial charge in [0, 0.05) is 30.7 Å². The Kier molecular flexibility index (Phi) is 6.41. The Bertz CT molecular complexity index is 990. The molecule has 6 rings (SSSR count). The lowest BCUT2D eigenvalue weighted by molar-refractivity contribution is -0.312. The molecule has 4 fully saturated rings. The maximum Gasteiger partial charge on any atom is 0.169 e. The highest BCUT2D eigenvalue weighted by Gasteiger charge is 2.58. The van der Waals surface area contributed by atoms with Crippen molar-refractivity contribution in [1.82, 2.24) is 5.32 Å². The van der Waals surface area contributed by atoms with Crippen LogP contribution in [-0.4, -0.2) is 32.7 Å². The topological polar surface area (TPSA) is 30.5 Å². The fourth-order valence-electron chi connectivity index (χ4n) is 8.95. The second kappa shape index (κ2) is 9.20. The van der Waals surface area contributed by atoms with Crippen LogP contribution in [0.15, 0.2) is 35.4 Å². The predicted octanol–water partition coefficient (Wildman–Crippen LogP) is 7.17. The third-order valence-corrected chi connectivity index (χ3v) is 10.9. The third-order valence-electron chi connectivity index (χ3n) is 10.9. The number of fused-ring (bicyclic) bond motifs is 4. The minimum atomic E-state index is -0.378. The van der Waals surface area contributed by atoms with E-state index in [2.05, 4.69) is 50.4 Å². The summed E-state index contributed by atoms with van der Waals surface area (Å²) in [6.07, 6.45) is 8.95. The first-order valence-corrected chi connectivity index (χ1v) is 14.6. The van der Waals surface area contributed by atoms with Crippen LogP contribution in [-0.2, 0) is 16.0 Å². The Morgan fingerprint density at radius 1 is 0.972 bits per heavy atom. The number of alkyl halides is 1. The summed E-state index contributed by atoms with van der Waals surface area (Å²) in [5, 5.41) is 3.27. The summed E-state index contributed by atoms with van der Waals surface area (Å²) < 4.78 is 27.2. The summed E-state index contributed by atoms with van der Waals surface area (Å²) in [6, 6.07) is 9.33. The van der Waals surface area contributed by atoms with Gasteiger partial charge in [0.2, 0.25) is 0 Å². The average molecular weight is 496 g/mol. The van der Waals surface area contributed by atoms with E-state index in [0.717, 1.165) is 51.9 Å². The summed E-state index contributed by atoms with van der Waals surface area (Å²) in [6.45, 7) is 9.23. The molecule has 1 saturated heterocycles. The number of rotatable bonds is 4. The van der Waals surface area contributed by atoms with E-state index in [0.29, 0.717) is 23.7 Å². The van der Waals surface area contributed by atoms with Crippen molar-refractivity contribution in [2.45, 2.75) is 90.4 Å². The molecular weight excluding hydrogens is 449 g/mol. The van der Waals surface area contributed by atoms with Gasteiger partial charge >= 0.3 is 0 Å². The average Bonchev–Trinajstić information content (AvgIpc) is 3.22. The summed E-state index contributed by atoms with van der Waals surface area (Å²) >= 11 is 0. The van der Waals surface area contributed by atoms with Crippen LogP contribution in [0, 0.1) is 34.5 Å². The maximum atomic E-state index is 14.3. The van der Waals surface area contributed by atoms with Crippen LogP contribution in [0.4, 0.5) is 4.39 Å². The van der Waals surface area contributed by atoms with Crippen molar-refractivity contribution in [3.05, 3.63) is 46.5 Å². The number of benzene rings is 1. The van der Waals surface area contributed by atoms with E-state index in [9.17, 15) is 4.39 Å². The lowest BCUT2D eigenvalue weighted by Crippen LogP contribution is -2.52. The first-order valence-electron chi connectivity index (χ1n) is 14.6. The van der Waals surface area contributed by atoms with Gasteiger partial charge in [-0.15, -0.1) is 0 Å². The molecule has 3 nitrogen and oxygen atoms in total. The lowest BCUT2D eigenvalue weighted by atomic mass is 9.51. The van der Waals surface area contributed by atoms with Crippen molar-refractivity contribution < 1.29 is 13.9 Å². The van der Waals surface area contributed by atoms with Crippen molar-refractivity contribution in [2.75, 3.05) is 26.9 Å². The second-order valence-electron chi connectivity index (χ2n) is 13.8. The molecule has 1 aliphatic heterocycles. The van der Waals surface area contributed by atoms with E-state index in [1.54, 1.807) is 11.1 Å². The van der Waals surface area contributed by atoms with Crippen LogP contribution < -0.4 is 5.32 Å². The number of nitrogens with one attached hydrogen (secondary N) is 1. The van der Waals surface area contributed by atoms with Crippen LogP contribution >= 0.6 is 0 Å². The van der Waals surface area contributed by atoms with Crippen LogP contribution in [0.25, 0.3) is 0 Å². The van der Waals surface area contributed by atoms with Crippen molar-refractivity contribution >= 4 is 0 Å². The Balaban J connectivity index is 1.36. The predicted molar refractivity (Wildman–Crippen MR) is 142 cm³/mol. The normalized spacial score (nSPS) is 39.0. The van der Waals surface area contributed by atoms with Gasteiger partial charge in [-0.1, -0.05) is 56.2 Å². The molecule has 1 aromatic carbocycles. The van der Waals surface area contributed by atoms with Crippen LogP contribution in [0.1, 0.15) is 89.2 Å². The third kappa shape index (κ3) is 4.10. The molecule has 4 heteroatoms. The van der Waals surface area contributed by atoms with Gasteiger partial charge in [0.1, 0.15) is 0 Å². The summed E-state index contributed by atoms with van der Waals surface area (Å²) in [5.41, 5.74) is 6.47. The van der Waals surface area contributed by atoms with Gasteiger partial charge < -0.3 is 14.8 Å². The number of allylic oxidation sites excluding steroid dienone is 2. The summed E-state index contributed by atoms with van der Waals surface area (Å²) in [5.74, 6) is 2.10. The second-order valence-corrected chi connectivity index (χ2v) is 13.8. The Hall–Kier alpha value is -1.23. The van der Waals surface area contributed by atoms with E-state index in [4.69, 9.17) is 9.47 Å². The fourth-order valence-corrected chi connectivity index (χ4v) is 8.95. The zero-order chi connectivity index (χ0) is 25.1. The molecule has 6 atom stereocenters. The molecule has 6 unspecified atom stereocenters. The molecule has 198 valence electrons. The highest BCUT2D eigenvalue weighted by atomic mass is 19.1. The van der Waals surface area contributed by atoms with E-state index in [1.165, 1.54) is 30.4 Å². The highest BCUT2D eigenvalue weighted by molar-refractivity contribution is 5.41. The first-order chi connectivity index (χ1) is 17.3. The molecule has 1 spiro atoms. The number of hydrogen-bond donors (Lipinski definition) is 1. The Morgan fingerprint density at radius 2 is 1.72 bits per heavy atom. The molecule has 1 N–H and O–H groups in total. The zero-order valence-electron chi connectivity index (χ0n) is 22.9. The summed E-state index contributed by atoms with van der Waals surface area (Å²) in [4.78, 5) is 0. The SMILES string of the molecule is CNCc1ccc(C2CC3(C)C(CF)CCC3C3CCC4CC5(CCC4=C23)OCC(C)(C)CO5)cc1. The van der Waals surface area contributed by atoms with Gasteiger partial charge in [0.25, 0.3) is 0 Å².